The van der Waals surface area contributed by atoms with Crippen LogP contribution in [0.1, 0.15) is 33.6 Å². The Hall–Kier alpha value is -1.28. The van der Waals surface area contributed by atoms with Crippen molar-refractivity contribution in [2.75, 3.05) is 12.0 Å². The first-order valence-electron chi connectivity index (χ1n) is 7.32. The first kappa shape index (κ1) is 20.7. The Labute approximate surface area is 135 Å². The van der Waals surface area contributed by atoms with Crippen molar-refractivity contribution < 1.29 is 19.5 Å². The van der Waals surface area contributed by atoms with E-state index in [1.165, 1.54) is 18.7 Å². The Balaban J connectivity index is 4.93. The lowest BCUT2D eigenvalue weighted by atomic mass is 9.97. The molecule has 4 unspecified atom stereocenters. The van der Waals surface area contributed by atoms with Crippen molar-refractivity contribution in [3.63, 3.8) is 0 Å². The van der Waals surface area contributed by atoms with Crippen LogP contribution in [-0.4, -0.2) is 53.0 Å². The highest BCUT2D eigenvalue weighted by molar-refractivity contribution is 7.98. The molecule has 2 amide bonds. The van der Waals surface area contributed by atoms with E-state index in [4.69, 9.17) is 10.8 Å². The van der Waals surface area contributed by atoms with Gasteiger partial charge in [0.1, 0.15) is 12.1 Å². The summed E-state index contributed by atoms with van der Waals surface area (Å²) in [6, 6.07) is -2.48. The van der Waals surface area contributed by atoms with Gasteiger partial charge < -0.3 is 21.5 Å². The number of carboxylic acids is 1. The van der Waals surface area contributed by atoms with E-state index in [9.17, 15) is 14.4 Å². The van der Waals surface area contributed by atoms with Gasteiger partial charge in [0, 0.05) is 0 Å². The molecule has 0 aromatic heterocycles. The fourth-order valence-electron chi connectivity index (χ4n) is 1.74. The lowest BCUT2D eigenvalue weighted by molar-refractivity contribution is -0.142. The van der Waals surface area contributed by atoms with Crippen LogP contribution in [0.15, 0.2) is 0 Å². The molecule has 0 radical (unpaired) electrons. The molecule has 7 nitrogen and oxygen atoms in total. The summed E-state index contributed by atoms with van der Waals surface area (Å²) in [4.78, 5) is 35.3. The molecule has 0 aliphatic rings. The Morgan fingerprint density at radius 1 is 1.18 bits per heavy atom. The SMILES string of the molecule is CCC(C)C(NC(=O)C(C)N)C(=O)NC(CCSC)C(=O)O. The van der Waals surface area contributed by atoms with Gasteiger partial charge in [-0.2, -0.15) is 11.8 Å². The van der Waals surface area contributed by atoms with E-state index in [0.717, 1.165) is 0 Å². The third kappa shape index (κ3) is 7.13. The van der Waals surface area contributed by atoms with Crippen molar-refractivity contribution in [3.05, 3.63) is 0 Å². The molecule has 0 aromatic carbocycles. The lowest BCUT2D eigenvalue weighted by Gasteiger charge is -2.26. The standard InChI is InChI=1S/C14H27N3O4S/c1-5-8(2)11(17-12(18)9(3)15)13(19)16-10(14(20)21)6-7-22-4/h8-11H,5-7,15H2,1-4H3,(H,16,19)(H,17,18)(H,20,21). The second-order valence-corrected chi connectivity index (χ2v) is 6.33. The third-order valence-electron chi connectivity index (χ3n) is 3.43. The molecule has 0 heterocycles. The van der Waals surface area contributed by atoms with E-state index in [1.807, 2.05) is 20.1 Å². The summed E-state index contributed by atoms with van der Waals surface area (Å²) in [6.45, 7) is 5.24. The Morgan fingerprint density at radius 3 is 2.18 bits per heavy atom. The summed E-state index contributed by atoms with van der Waals surface area (Å²) in [7, 11) is 0. The highest BCUT2D eigenvalue weighted by Crippen LogP contribution is 2.10. The van der Waals surface area contributed by atoms with E-state index in [1.54, 1.807) is 0 Å². The Bertz CT molecular complexity index is 390. The van der Waals surface area contributed by atoms with Gasteiger partial charge >= 0.3 is 5.97 Å². The van der Waals surface area contributed by atoms with Gasteiger partial charge in [-0.15, -0.1) is 0 Å². The maximum atomic E-state index is 12.3. The van der Waals surface area contributed by atoms with Gasteiger partial charge in [-0.25, -0.2) is 4.79 Å². The van der Waals surface area contributed by atoms with Crippen LogP contribution in [0, 0.1) is 5.92 Å². The molecular weight excluding hydrogens is 306 g/mol. The first-order valence-corrected chi connectivity index (χ1v) is 8.72. The van der Waals surface area contributed by atoms with E-state index in [2.05, 4.69) is 10.6 Å². The van der Waals surface area contributed by atoms with E-state index < -0.39 is 35.9 Å². The Kier molecular flexibility index (Phi) is 9.84. The number of thioether (sulfide) groups is 1. The zero-order valence-electron chi connectivity index (χ0n) is 13.6. The molecule has 0 bridgehead atoms. The van der Waals surface area contributed by atoms with Crippen molar-refractivity contribution in [2.24, 2.45) is 11.7 Å². The topological polar surface area (TPSA) is 122 Å². The average molecular weight is 333 g/mol. The number of nitrogens with two attached hydrogens (primary N) is 1. The molecule has 0 aliphatic carbocycles. The number of nitrogens with one attached hydrogen (secondary N) is 2. The molecule has 0 aliphatic heterocycles. The summed E-state index contributed by atoms with van der Waals surface area (Å²) in [6.07, 6.45) is 2.86. The average Bonchev–Trinajstić information content (AvgIpc) is 2.47. The second-order valence-electron chi connectivity index (χ2n) is 5.34. The molecular formula is C14H27N3O4S. The molecule has 22 heavy (non-hydrogen) atoms. The van der Waals surface area contributed by atoms with Gasteiger partial charge in [-0.3, -0.25) is 9.59 Å². The highest BCUT2D eigenvalue weighted by Gasteiger charge is 2.30. The van der Waals surface area contributed by atoms with Gasteiger partial charge in [0.05, 0.1) is 6.04 Å². The zero-order chi connectivity index (χ0) is 17.3. The van der Waals surface area contributed by atoms with Gasteiger partial charge in [0.15, 0.2) is 0 Å². The molecule has 0 rings (SSSR count). The summed E-state index contributed by atoms with van der Waals surface area (Å²) < 4.78 is 0. The second kappa shape index (κ2) is 10.4. The largest absolute Gasteiger partial charge is 0.480 e. The number of hydrogen-bond acceptors (Lipinski definition) is 5. The summed E-state index contributed by atoms with van der Waals surface area (Å²) in [5.74, 6) is -1.51. The van der Waals surface area contributed by atoms with Crippen molar-refractivity contribution in [1.29, 1.82) is 0 Å². The predicted molar refractivity (Wildman–Crippen MR) is 87.6 cm³/mol. The number of carbonyl (C=O) groups excluding carboxylic acids is 2. The van der Waals surface area contributed by atoms with Gasteiger partial charge in [-0.1, -0.05) is 20.3 Å². The molecule has 0 spiro atoms. The van der Waals surface area contributed by atoms with Crippen LogP contribution in [0.3, 0.4) is 0 Å². The van der Waals surface area contributed by atoms with Crippen LogP contribution in [0.2, 0.25) is 0 Å². The minimum Gasteiger partial charge on any atom is -0.480 e. The maximum Gasteiger partial charge on any atom is 0.326 e. The monoisotopic (exact) mass is 333 g/mol. The van der Waals surface area contributed by atoms with Crippen LogP contribution in [0.4, 0.5) is 0 Å². The number of carboxylic acid groups (broad SMARTS) is 1. The zero-order valence-corrected chi connectivity index (χ0v) is 14.4. The third-order valence-corrected chi connectivity index (χ3v) is 4.08. The van der Waals surface area contributed by atoms with Crippen molar-refractivity contribution >= 4 is 29.5 Å². The molecule has 8 heteroatoms. The summed E-state index contributed by atoms with van der Waals surface area (Å²) >= 11 is 1.51. The van der Waals surface area contributed by atoms with Crippen LogP contribution in [-0.2, 0) is 14.4 Å². The van der Waals surface area contributed by atoms with Gasteiger partial charge in [0.2, 0.25) is 11.8 Å². The van der Waals surface area contributed by atoms with Gasteiger partial charge in [-0.05, 0) is 31.3 Å². The number of hydrogen-bond donors (Lipinski definition) is 4. The molecule has 128 valence electrons. The smallest absolute Gasteiger partial charge is 0.326 e. The molecule has 0 saturated heterocycles. The lowest BCUT2D eigenvalue weighted by Crippen LogP contribution is -2.56. The normalized spacial score (nSPS) is 16.2. The van der Waals surface area contributed by atoms with Crippen LogP contribution in [0.25, 0.3) is 0 Å². The maximum absolute atomic E-state index is 12.3. The van der Waals surface area contributed by atoms with E-state index in [-0.39, 0.29) is 5.92 Å². The number of amides is 2. The summed E-state index contributed by atoms with van der Waals surface area (Å²) in [5.41, 5.74) is 5.50. The molecule has 0 saturated carbocycles. The first-order chi connectivity index (χ1) is 10.2. The highest BCUT2D eigenvalue weighted by atomic mass is 32.2. The number of aliphatic carboxylic acids is 1. The molecule has 4 atom stereocenters. The fourth-order valence-corrected chi connectivity index (χ4v) is 2.21. The van der Waals surface area contributed by atoms with E-state index >= 15 is 0 Å². The van der Waals surface area contributed by atoms with Crippen LogP contribution in [0.5, 0.6) is 0 Å². The minimum atomic E-state index is -1.08. The molecule has 5 N–H and O–H groups in total. The van der Waals surface area contributed by atoms with Crippen molar-refractivity contribution in [1.82, 2.24) is 10.6 Å². The van der Waals surface area contributed by atoms with Crippen molar-refractivity contribution in [3.8, 4) is 0 Å². The predicted octanol–water partition coefficient (Wildman–Crippen LogP) is 0.187. The van der Waals surface area contributed by atoms with E-state index in [0.29, 0.717) is 18.6 Å². The number of carbonyl (C=O) groups is 3. The fraction of sp³-hybridized carbons (Fsp3) is 0.786. The van der Waals surface area contributed by atoms with Gasteiger partial charge in [0.25, 0.3) is 0 Å². The van der Waals surface area contributed by atoms with Crippen LogP contribution < -0.4 is 16.4 Å². The quantitative estimate of drug-likeness (QED) is 0.453. The Morgan fingerprint density at radius 2 is 1.77 bits per heavy atom. The minimum absolute atomic E-state index is 0.127. The number of rotatable bonds is 10. The van der Waals surface area contributed by atoms with Crippen molar-refractivity contribution in [2.45, 2.75) is 51.7 Å². The van der Waals surface area contributed by atoms with Crippen LogP contribution >= 0.6 is 11.8 Å². The summed E-state index contributed by atoms with van der Waals surface area (Å²) in [5, 5.41) is 14.3. The molecule has 0 aromatic rings. The molecule has 0 fully saturated rings.